The zero-order valence-corrected chi connectivity index (χ0v) is 12.5. The van der Waals surface area contributed by atoms with Crippen molar-refractivity contribution in [3.63, 3.8) is 0 Å². The molecule has 0 saturated carbocycles. The van der Waals surface area contributed by atoms with Gasteiger partial charge in [-0.3, -0.25) is 0 Å². The maximum atomic E-state index is 8.77. The first-order valence-corrected chi connectivity index (χ1v) is 7.79. The Morgan fingerprint density at radius 1 is 1.25 bits per heavy atom. The zero-order valence-electron chi connectivity index (χ0n) is 10.9. The molecule has 0 aliphatic carbocycles. The fourth-order valence-corrected chi connectivity index (χ4v) is 2.53. The molecule has 0 radical (unpaired) electrons. The van der Waals surface area contributed by atoms with Crippen molar-refractivity contribution in [1.29, 1.82) is 0 Å². The van der Waals surface area contributed by atoms with Gasteiger partial charge < -0.3 is 10.4 Å². The second-order valence-corrected chi connectivity index (χ2v) is 5.60. The molecule has 2 N–H and O–H groups in total. The summed E-state index contributed by atoms with van der Waals surface area (Å²) in [6, 6.07) is 7.78. The predicted octanol–water partition coefficient (Wildman–Crippen LogP) is 2.97. The molecule has 0 amide bonds. The largest absolute Gasteiger partial charge is 0.396 e. The van der Waals surface area contributed by atoms with E-state index in [1.54, 1.807) is 24.2 Å². The number of aliphatic hydroxyl groups excluding tert-OH is 1. The summed E-state index contributed by atoms with van der Waals surface area (Å²) < 4.78 is 0. The van der Waals surface area contributed by atoms with Crippen LogP contribution in [0.4, 0.5) is 5.82 Å². The molecule has 0 aromatic carbocycles. The number of aliphatic hydroxyl groups is 1. The quantitative estimate of drug-likeness (QED) is 0.608. The number of nitrogens with zero attached hydrogens (tertiary/aromatic N) is 2. The average molecular weight is 310 g/mol. The van der Waals surface area contributed by atoms with Crippen LogP contribution in [-0.4, -0.2) is 27.4 Å². The normalized spacial score (nSPS) is 10.5. The molecule has 4 nitrogen and oxygen atoms in total. The van der Waals surface area contributed by atoms with Crippen molar-refractivity contribution in [1.82, 2.24) is 9.97 Å². The van der Waals surface area contributed by atoms with E-state index in [0.717, 1.165) is 22.9 Å². The SMILES string of the molecule is OCCSCc1ccnc(NCc2cccnc2Cl)c1. The second kappa shape index (κ2) is 8.09. The van der Waals surface area contributed by atoms with Crippen LogP contribution >= 0.6 is 23.4 Å². The van der Waals surface area contributed by atoms with E-state index >= 15 is 0 Å². The molecule has 20 heavy (non-hydrogen) atoms. The van der Waals surface area contributed by atoms with E-state index in [2.05, 4.69) is 15.3 Å². The van der Waals surface area contributed by atoms with Gasteiger partial charge in [-0.15, -0.1) is 0 Å². The summed E-state index contributed by atoms with van der Waals surface area (Å²) >= 11 is 7.70. The van der Waals surface area contributed by atoms with Crippen LogP contribution in [0.3, 0.4) is 0 Å². The lowest BCUT2D eigenvalue weighted by atomic mass is 10.2. The third kappa shape index (κ3) is 4.67. The fourth-order valence-electron chi connectivity index (χ4n) is 1.65. The highest BCUT2D eigenvalue weighted by Gasteiger charge is 2.02. The lowest BCUT2D eigenvalue weighted by Crippen LogP contribution is -2.03. The Hall–Kier alpha value is -1.30. The average Bonchev–Trinajstić information content (AvgIpc) is 2.47. The molecule has 0 saturated heterocycles. The van der Waals surface area contributed by atoms with Crippen molar-refractivity contribution < 1.29 is 5.11 Å². The van der Waals surface area contributed by atoms with Crippen LogP contribution in [0.15, 0.2) is 36.7 Å². The Labute approximate surface area is 127 Å². The minimum atomic E-state index is 0.209. The van der Waals surface area contributed by atoms with Gasteiger partial charge in [-0.25, -0.2) is 9.97 Å². The van der Waals surface area contributed by atoms with E-state index in [-0.39, 0.29) is 6.61 Å². The first kappa shape index (κ1) is 15.1. The van der Waals surface area contributed by atoms with E-state index in [1.807, 2.05) is 24.3 Å². The molecule has 0 fully saturated rings. The van der Waals surface area contributed by atoms with Crippen LogP contribution in [0.25, 0.3) is 0 Å². The van der Waals surface area contributed by atoms with E-state index in [1.165, 1.54) is 5.56 Å². The molecule has 0 bridgehead atoms. The van der Waals surface area contributed by atoms with E-state index < -0.39 is 0 Å². The standard InChI is InChI=1S/C14H16ClN3OS/c15-14-12(2-1-4-17-14)9-18-13-8-11(3-5-16-13)10-20-7-6-19/h1-5,8,19H,6-7,9-10H2,(H,16,18). The molecule has 2 heterocycles. The van der Waals surface area contributed by atoms with Crippen LogP contribution < -0.4 is 5.32 Å². The van der Waals surface area contributed by atoms with Gasteiger partial charge in [0.2, 0.25) is 0 Å². The number of hydrogen-bond acceptors (Lipinski definition) is 5. The molecule has 2 aromatic rings. The number of halogens is 1. The molecule has 6 heteroatoms. The minimum Gasteiger partial charge on any atom is -0.396 e. The number of hydrogen-bond donors (Lipinski definition) is 2. The Morgan fingerprint density at radius 3 is 2.95 bits per heavy atom. The third-order valence-electron chi connectivity index (χ3n) is 2.62. The molecule has 2 rings (SSSR count). The van der Waals surface area contributed by atoms with Gasteiger partial charge in [0.25, 0.3) is 0 Å². The summed E-state index contributed by atoms with van der Waals surface area (Å²) in [4.78, 5) is 8.32. The highest BCUT2D eigenvalue weighted by Crippen LogP contribution is 2.16. The smallest absolute Gasteiger partial charge is 0.133 e. The van der Waals surface area contributed by atoms with E-state index in [0.29, 0.717) is 11.7 Å². The number of nitrogens with one attached hydrogen (secondary N) is 1. The van der Waals surface area contributed by atoms with Crippen LogP contribution in [0, 0.1) is 0 Å². The van der Waals surface area contributed by atoms with Crippen LogP contribution in [-0.2, 0) is 12.3 Å². The fraction of sp³-hybridized carbons (Fsp3) is 0.286. The van der Waals surface area contributed by atoms with Gasteiger partial charge in [-0.05, 0) is 23.8 Å². The van der Waals surface area contributed by atoms with Crippen LogP contribution in [0.2, 0.25) is 5.15 Å². The summed E-state index contributed by atoms with van der Waals surface area (Å²) in [5.74, 6) is 2.42. The summed E-state index contributed by atoms with van der Waals surface area (Å²) in [6.45, 7) is 0.799. The van der Waals surface area contributed by atoms with E-state index in [4.69, 9.17) is 16.7 Å². The topological polar surface area (TPSA) is 58.0 Å². The lowest BCUT2D eigenvalue weighted by molar-refractivity contribution is 0.322. The maximum absolute atomic E-state index is 8.77. The Morgan fingerprint density at radius 2 is 2.15 bits per heavy atom. The molecular weight excluding hydrogens is 294 g/mol. The predicted molar refractivity (Wildman–Crippen MR) is 84.1 cm³/mol. The third-order valence-corrected chi connectivity index (χ3v) is 3.97. The monoisotopic (exact) mass is 309 g/mol. The molecule has 106 valence electrons. The number of pyridine rings is 2. The number of aromatic nitrogens is 2. The van der Waals surface area contributed by atoms with Crippen molar-refractivity contribution in [2.75, 3.05) is 17.7 Å². The van der Waals surface area contributed by atoms with Gasteiger partial charge in [0.1, 0.15) is 11.0 Å². The molecule has 2 aromatic heterocycles. The van der Waals surface area contributed by atoms with Crippen LogP contribution in [0.1, 0.15) is 11.1 Å². The summed E-state index contributed by atoms with van der Waals surface area (Å²) in [5.41, 5.74) is 2.12. The van der Waals surface area contributed by atoms with Crippen molar-refractivity contribution in [2.45, 2.75) is 12.3 Å². The van der Waals surface area contributed by atoms with Gasteiger partial charge >= 0.3 is 0 Å². The second-order valence-electron chi connectivity index (χ2n) is 4.13. The summed E-state index contributed by atoms with van der Waals surface area (Å²) in [5, 5.41) is 12.5. The highest BCUT2D eigenvalue weighted by atomic mass is 35.5. The molecule has 0 spiro atoms. The van der Waals surface area contributed by atoms with Crippen LogP contribution in [0.5, 0.6) is 0 Å². The Kier molecular flexibility index (Phi) is 6.11. The Bertz CT molecular complexity index is 553. The van der Waals surface area contributed by atoms with Crippen molar-refractivity contribution in [2.24, 2.45) is 0 Å². The van der Waals surface area contributed by atoms with Crippen molar-refractivity contribution >= 4 is 29.2 Å². The van der Waals surface area contributed by atoms with E-state index in [9.17, 15) is 0 Å². The molecule has 0 unspecified atom stereocenters. The van der Waals surface area contributed by atoms with Gasteiger partial charge in [0, 0.05) is 36.0 Å². The molecule has 0 aliphatic heterocycles. The minimum absolute atomic E-state index is 0.209. The van der Waals surface area contributed by atoms with Gasteiger partial charge in [0.05, 0.1) is 6.61 Å². The van der Waals surface area contributed by atoms with Gasteiger partial charge in [-0.1, -0.05) is 17.7 Å². The van der Waals surface area contributed by atoms with Gasteiger partial charge in [-0.2, -0.15) is 11.8 Å². The van der Waals surface area contributed by atoms with Crippen molar-refractivity contribution in [3.05, 3.63) is 52.9 Å². The number of rotatable bonds is 7. The van der Waals surface area contributed by atoms with Gasteiger partial charge in [0.15, 0.2) is 0 Å². The molecular formula is C14H16ClN3OS. The highest BCUT2D eigenvalue weighted by molar-refractivity contribution is 7.98. The summed E-state index contributed by atoms with van der Waals surface area (Å²) in [7, 11) is 0. The summed E-state index contributed by atoms with van der Waals surface area (Å²) in [6.07, 6.45) is 3.45. The number of anilines is 1. The molecule has 0 atom stereocenters. The molecule has 0 aliphatic rings. The zero-order chi connectivity index (χ0) is 14.2. The lowest BCUT2D eigenvalue weighted by Gasteiger charge is -2.08. The first-order chi connectivity index (χ1) is 9.79. The van der Waals surface area contributed by atoms with Crippen molar-refractivity contribution in [3.8, 4) is 0 Å². The maximum Gasteiger partial charge on any atom is 0.133 e. The first-order valence-electron chi connectivity index (χ1n) is 6.26. The number of thioether (sulfide) groups is 1. The Balaban J connectivity index is 1.93.